The molecule has 2 amide bonds. The van der Waals surface area contributed by atoms with Gasteiger partial charge in [0, 0.05) is 24.6 Å². The van der Waals surface area contributed by atoms with Crippen LogP contribution in [0.4, 0.5) is 0 Å². The Kier molecular flexibility index (Phi) is 8.21. The van der Waals surface area contributed by atoms with Gasteiger partial charge in [0.05, 0.1) is 29.5 Å². The monoisotopic (exact) mass is 460 g/mol. The Morgan fingerprint density at radius 1 is 1.26 bits per heavy atom. The van der Waals surface area contributed by atoms with Gasteiger partial charge in [-0.2, -0.15) is 0 Å². The normalized spacial score (nSPS) is 11.9. The summed E-state index contributed by atoms with van der Waals surface area (Å²) in [5, 5.41) is 7.35. The van der Waals surface area contributed by atoms with Crippen molar-refractivity contribution in [2.24, 2.45) is 0 Å². The third kappa shape index (κ3) is 6.16. The quantitative estimate of drug-likeness (QED) is 0.400. The largest absolute Gasteiger partial charge is 0.383 e. The number of rotatable bonds is 10. The van der Waals surface area contributed by atoms with Gasteiger partial charge in [0.15, 0.2) is 0 Å². The lowest BCUT2D eigenvalue weighted by Gasteiger charge is -2.12. The molecule has 1 atom stereocenters. The van der Waals surface area contributed by atoms with Gasteiger partial charge in [0.25, 0.3) is 5.56 Å². The van der Waals surface area contributed by atoms with Crippen LogP contribution in [0.2, 0.25) is 0 Å². The van der Waals surface area contributed by atoms with Crippen LogP contribution in [0.5, 0.6) is 0 Å². The van der Waals surface area contributed by atoms with Crippen molar-refractivity contribution in [3.05, 3.63) is 51.9 Å². The first kappa shape index (κ1) is 23.0. The van der Waals surface area contributed by atoms with Crippen molar-refractivity contribution in [2.75, 3.05) is 26.8 Å². The number of carbonyl (C=O) groups is 2. The molecule has 3 aromatic rings. The molecular weight excluding hydrogens is 436 g/mol. The van der Waals surface area contributed by atoms with Crippen LogP contribution >= 0.6 is 23.1 Å². The van der Waals surface area contributed by atoms with Crippen molar-refractivity contribution in [1.29, 1.82) is 0 Å². The molecule has 3 N–H and O–H groups in total. The lowest BCUT2D eigenvalue weighted by Crippen LogP contribution is -2.40. The number of hydrogen-bond acceptors (Lipinski definition) is 7. The highest BCUT2D eigenvalue weighted by atomic mass is 32.2. The van der Waals surface area contributed by atoms with E-state index in [1.165, 1.54) is 23.1 Å². The number of carbonyl (C=O) groups excluding carboxylic acids is 2. The average Bonchev–Trinajstić information content (AvgIpc) is 3.21. The highest BCUT2D eigenvalue weighted by Gasteiger charge is 2.17. The number of thioether (sulfide) groups is 1. The SMILES string of the molecule is COCCNC(=O)CNC(=O)C(C)SCc1nc2scc(-c3ccccc3)c2c(=O)[nH]1. The molecule has 0 aliphatic carbocycles. The van der Waals surface area contributed by atoms with E-state index < -0.39 is 5.25 Å². The molecule has 0 bridgehead atoms. The second kappa shape index (κ2) is 11.1. The van der Waals surface area contributed by atoms with E-state index >= 15 is 0 Å². The van der Waals surface area contributed by atoms with E-state index in [0.717, 1.165) is 11.1 Å². The molecule has 2 heterocycles. The standard InChI is InChI=1S/C21H24N4O4S2/c1-13(19(27)23-10-17(26)22-8-9-29-2)30-12-16-24-20(28)18-15(11-31-21(18)25-16)14-6-4-3-5-7-14/h3-7,11,13H,8-10,12H2,1-2H3,(H,22,26)(H,23,27)(H,24,25,28). The summed E-state index contributed by atoms with van der Waals surface area (Å²) in [5.74, 6) is 0.364. The molecular formula is C21H24N4O4S2. The number of aromatic amines is 1. The second-order valence-electron chi connectivity index (χ2n) is 6.72. The highest BCUT2D eigenvalue weighted by Crippen LogP contribution is 2.30. The van der Waals surface area contributed by atoms with E-state index in [4.69, 9.17) is 4.74 Å². The number of nitrogens with one attached hydrogen (secondary N) is 3. The molecule has 31 heavy (non-hydrogen) atoms. The van der Waals surface area contributed by atoms with Crippen molar-refractivity contribution in [1.82, 2.24) is 20.6 Å². The Bertz CT molecular complexity index is 1100. The van der Waals surface area contributed by atoms with E-state index in [1.54, 1.807) is 14.0 Å². The van der Waals surface area contributed by atoms with Gasteiger partial charge in [-0.1, -0.05) is 30.3 Å². The fraction of sp³-hybridized carbons (Fsp3) is 0.333. The minimum absolute atomic E-state index is 0.0913. The predicted octanol–water partition coefficient (Wildman–Crippen LogP) is 2.15. The van der Waals surface area contributed by atoms with Gasteiger partial charge >= 0.3 is 0 Å². The van der Waals surface area contributed by atoms with Gasteiger partial charge in [0.2, 0.25) is 11.8 Å². The van der Waals surface area contributed by atoms with Gasteiger partial charge in [0.1, 0.15) is 10.7 Å². The third-order valence-electron chi connectivity index (χ3n) is 4.47. The van der Waals surface area contributed by atoms with E-state index in [9.17, 15) is 14.4 Å². The van der Waals surface area contributed by atoms with E-state index in [1.807, 2.05) is 35.7 Å². The number of hydrogen-bond donors (Lipinski definition) is 3. The fourth-order valence-corrected chi connectivity index (χ4v) is 4.58. The number of fused-ring (bicyclic) bond motifs is 1. The van der Waals surface area contributed by atoms with Crippen LogP contribution in [0.1, 0.15) is 12.7 Å². The first-order valence-electron chi connectivity index (χ1n) is 9.70. The van der Waals surface area contributed by atoms with Crippen LogP contribution in [0, 0.1) is 0 Å². The number of thiophene rings is 1. The highest BCUT2D eigenvalue weighted by molar-refractivity contribution is 7.99. The van der Waals surface area contributed by atoms with E-state index in [0.29, 0.717) is 34.9 Å². The number of ether oxygens (including phenoxy) is 1. The maximum Gasteiger partial charge on any atom is 0.260 e. The Balaban J connectivity index is 1.58. The first-order valence-corrected chi connectivity index (χ1v) is 11.6. The maximum atomic E-state index is 12.7. The predicted molar refractivity (Wildman–Crippen MR) is 124 cm³/mol. The summed E-state index contributed by atoms with van der Waals surface area (Å²) in [6, 6.07) is 9.72. The molecule has 0 radical (unpaired) electrons. The fourth-order valence-electron chi connectivity index (χ4n) is 2.84. The molecule has 0 saturated carbocycles. The lowest BCUT2D eigenvalue weighted by molar-refractivity contribution is -0.125. The smallest absolute Gasteiger partial charge is 0.260 e. The zero-order chi connectivity index (χ0) is 22.2. The Morgan fingerprint density at radius 2 is 2.03 bits per heavy atom. The number of aromatic nitrogens is 2. The summed E-state index contributed by atoms with van der Waals surface area (Å²) in [7, 11) is 1.55. The summed E-state index contributed by atoms with van der Waals surface area (Å²) >= 11 is 2.76. The van der Waals surface area contributed by atoms with Crippen molar-refractivity contribution in [3.63, 3.8) is 0 Å². The molecule has 3 rings (SSSR count). The van der Waals surface area contributed by atoms with Gasteiger partial charge in [-0.25, -0.2) is 4.98 Å². The Hall–Kier alpha value is -2.69. The number of H-pyrrole nitrogens is 1. The number of nitrogens with zero attached hydrogens (tertiary/aromatic N) is 1. The zero-order valence-electron chi connectivity index (χ0n) is 17.3. The van der Waals surface area contributed by atoms with Crippen LogP contribution in [0.15, 0.2) is 40.5 Å². The minimum atomic E-state index is -0.406. The number of amides is 2. The number of methoxy groups -OCH3 is 1. The molecule has 0 aliphatic rings. The molecule has 8 nitrogen and oxygen atoms in total. The zero-order valence-corrected chi connectivity index (χ0v) is 18.9. The topological polar surface area (TPSA) is 113 Å². The summed E-state index contributed by atoms with van der Waals surface area (Å²) < 4.78 is 4.85. The first-order chi connectivity index (χ1) is 15.0. The Morgan fingerprint density at radius 3 is 2.77 bits per heavy atom. The van der Waals surface area contributed by atoms with Crippen LogP contribution in [0.25, 0.3) is 21.3 Å². The third-order valence-corrected chi connectivity index (χ3v) is 6.50. The molecule has 10 heteroatoms. The molecule has 1 unspecified atom stereocenters. The molecule has 0 spiro atoms. The van der Waals surface area contributed by atoms with E-state index in [2.05, 4.69) is 20.6 Å². The Labute approximate surface area is 187 Å². The van der Waals surface area contributed by atoms with Crippen molar-refractivity contribution < 1.29 is 14.3 Å². The van der Waals surface area contributed by atoms with E-state index in [-0.39, 0.29) is 23.9 Å². The van der Waals surface area contributed by atoms with Crippen molar-refractivity contribution in [3.8, 4) is 11.1 Å². The van der Waals surface area contributed by atoms with Crippen LogP contribution in [0.3, 0.4) is 0 Å². The molecule has 164 valence electrons. The lowest BCUT2D eigenvalue weighted by atomic mass is 10.1. The molecule has 2 aromatic heterocycles. The van der Waals surface area contributed by atoms with Gasteiger partial charge in [-0.05, 0) is 12.5 Å². The second-order valence-corrected chi connectivity index (χ2v) is 8.91. The van der Waals surface area contributed by atoms with Crippen molar-refractivity contribution >= 4 is 45.1 Å². The van der Waals surface area contributed by atoms with Gasteiger partial charge < -0.3 is 20.4 Å². The summed E-state index contributed by atoms with van der Waals surface area (Å²) in [6.07, 6.45) is 0. The average molecular weight is 461 g/mol. The summed E-state index contributed by atoms with van der Waals surface area (Å²) in [5.41, 5.74) is 1.65. The minimum Gasteiger partial charge on any atom is -0.383 e. The van der Waals surface area contributed by atoms with Crippen LogP contribution in [-0.2, 0) is 20.1 Å². The molecule has 1 aromatic carbocycles. The maximum absolute atomic E-state index is 12.7. The molecule has 0 saturated heterocycles. The van der Waals surface area contributed by atoms with Gasteiger partial charge in [-0.15, -0.1) is 23.1 Å². The molecule has 0 fully saturated rings. The molecule has 0 aliphatic heterocycles. The number of benzene rings is 1. The van der Waals surface area contributed by atoms with Crippen LogP contribution in [-0.4, -0.2) is 53.8 Å². The summed E-state index contributed by atoms with van der Waals surface area (Å²) in [6.45, 7) is 2.47. The summed E-state index contributed by atoms with van der Waals surface area (Å²) in [4.78, 5) is 44.6. The van der Waals surface area contributed by atoms with Crippen molar-refractivity contribution in [2.45, 2.75) is 17.9 Å². The van der Waals surface area contributed by atoms with Gasteiger partial charge in [-0.3, -0.25) is 14.4 Å². The van der Waals surface area contributed by atoms with Crippen LogP contribution < -0.4 is 16.2 Å².